The number of nitrogens with zero attached hydrogens (tertiary/aromatic N) is 2. The monoisotopic (exact) mass is 638 g/mol. The van der Waals surface area contributed by atoms with Gasteiger partial charge in [0.05, 0.1) is 25.5 Å². The van der Waals surface area contributed by atoms with Gasteiger partial charge in [0, 0.05) is 48.3 Å². The van der Waals surface area contributed by atoms with Gasteiger partial charge in [-0.25, -0.2) is 13.1 Å². The smallest absolute Gasteiger partial charge is 0.283 e. The molecule has 6 aliphatic rings. The number of methoxy groups -OCH3 is 2. The fourth-order valence-electron chi connectivity index (χ4n) is 7.13. The first-order valence-corrected chi connectivity index (χ1v) is 18.1. The van der Waals surface area contributed by atoms with Crippen molar-refractivity contribution >= 4 is 43.6 Å². The molecule has 15 heteroatoms. The molecule has 7 rings (SSSR count). The van der Waals surface area contributed by atoms with Gasteiger partial charge in [-0.3, -0.25) is 4.79 Å². The number of sulfonamides is 2. The normalized spacial score (nSPS) is 30.1. The average molecular weight is 639 g/mol. The van der Waals surface area contributed by atoms with Crippen molar-refractivity contribution in [2.45, 2.75) is 38.3 Å². The maximum absolute atomic E-state index is 14.3. The van der Waals surface area contributed by atoms with E-state index in [4.69, 9.17) is 9.47 Å². The van der Waals surface area contributed by atoms with Crippen molar-refractivity contribution < 1.29 is 36.2 Å². The van der Waals surface area contributed by atoms with Crippen molar-refractivity contribution in [3.05, 3.63) is 45.0 Å². The van der Waals surface area contributed by atoms with Gasteiger partial charge in [-0.2, -0.15) is 8.42 Å². The summed E-state index contributed by atoms with van der Waals surface area (Å²) in [7, 11) is -4.67. The maximum Gasteiger partial charge on any atom is 0.283 e. The molecule has 3 N–H and O–H groups in total. The minimum atomic E-state index is -4.26. The third-order valence-electron chi connectivity index (χ3n) is 8.99. The SMILES string of the molecule is COc1ccc(CN2C(=O)C(C3=NS(=O)(=O)C4=C(N3)SCC4CNS(C)(=O)=O)=C(O)C3C4CCC(CC4)C32)c(OC)c1. The highest BCUT2D eigenvalue weighted by atomic mass is 32.2. The number of amides is 1. The molecule has 3 atom stereocenters. The summed E-state index contributed by atoms with van der Waals surface area (Å²) in [6, 6.07) is 5.16. The van der Waals surface area contributed by atoms with Crippen LogP contribution in [0.15, 0.2) is 43.9 Å². The second-order valence-corrected chi connectivity index (χ2v) is 15.9. The molecule has 1 aromatic carbocycles. The molecular weight excluding hydrogens is 605 g/mol. The molecule has 1 amide bonds. The van der Waals surface area contributed by atoms with E-state index in [9.17, 15) is 26.7 Å². The number of hydrogen-bond donors (Lipinski definition) is 3. The zero-order valence-corrected chi connectivity index (χ0v) is 25.9. The molecule has 42 heavy (non-hydrogen) atoms. The highest BCUT2D eigenvalue weighted by molar-refractivity contribution is 8.05. The minimum Gasteiger partial charge on any atom is -0.511 e. The van der Waals surface area contributed by atoms with Crippen molar-refractivity contribution in [3.8, 4) is 11.5 Å². The number of carbonyl (C=O) groups excluding carboxylic acids is 1. The van der Waals surface area contributed by atoms with Crippen LogP contribution in [-0.2, 0) is 31.4 Å². The number of ether oxygens (including phenoxy) is 2. The van der Waals surface area contributed by atoms with Crippen LogP contribution in [0.5, 0.6) is 11.5 Å². The van der Waals surface area contributed by atoms with E-state index in [1.807, 2.05) is 6.07 Å². The number of rotatable bonds is 8. The molecule has 0 saturated heterocycles. The summed E-state index contributed by atoms with van der Waals surface area (Å²) in [4.78, 5) is 16.0. The summed E-state index contributed by atoms with van der Waals surface area (Å²) < 4.78 is 67.5. The lowest BCUT2D eigenvalue weighted by Gasteiger charge is -2.54. The molecule has 3 heterocycles. The Hall–Kier alpha value is -2.75. The summed E-state index contributed by atoms with van der Waals surface area (Å²) >= 11 is 1.22. The fraction of sp³-hybridized carbons (Fsp3) is 0.556. The van der Waals surface area contributed by atoms with Crippen molar-refractivity contribution in [1.82, 2.24) is 14.9 Å². The van der Waals surface area contributed by atoms with E-state index in [0.717, 1.165) is 37.5 Å². The lowest BCUT2D eigenvalue weighted by molar-refractivity contribution is -0.140. The molecular formula is C27H34N4O8S3. The van der Waals surface area contributed by atoms with E-state index in [0.29, 0.717) is 22.3 Å². The zero-order chi connectivity index (χ0) is 30.0. The molecule has 0 radical (unpaired) electrons. The number of nitrogens with one attached hydrogen (secondary N) is 2. The Kier molecular flexibility index (Phi) is 7.51. The van der Waals surface area contributed by atoms with Crippen LogP contribution in [0, 0.1) is 23.7 Å². The van der Waals surface area contributed by atoms with E-state index in [1.165, 1.54) is 11.8 Å². The van der Waals surface area contributed by atoms with Crippen molar-refractivity contribution in [2.24, 2.45) is 28.1 Å². The zero-order valence-electron chi connectivity index (χ0n) is 23.5. The maximum atomic E-state index is 14.3. The van der Waals surface area contributed by atoms with Crippen molar-refractivity contribution in [2.75, 3.05) is 32.8 Å². The second-order valence-electron chi connectivity index (χ2n) is 11.4. The molecule has 3 saturated carbocycles. The van der Waals surface area contributed by atoms with Crippen LogP contribution in [0.25, 0.3) is 0 Å². The number of amidine groups is 1. The number of hydrogen-bond acceptors (Lipinski definition) is 10. The number of aliphatic hydroxyl groups is 1. The van der Waals surface area contributed by atoms with E-state index >= 15 is 0 Å². The minimum absolute atomic E-state index is 0.00910. The summed E-state index contributed by atoms with van der Waals surface area (Å²) in [6.07, 6.45) is 4.78. The molecule has 0 spiro atoms. The first kappa shape index (κ1) is 29.3. The van der Waals surface area contributed by atoms with E-state index in [-0.39, 0.29) is 59.0 Å². The number of fused-ring (bicyclic) bond motifs is 2. The number of carbonyl (C=O) groups is 1. The third kappa shape index (κ3) is 5.07. The largest absolute Gasteiger partial charge is 0.511 e. The predicted molar refractivity (Wildman–Crippen MR) is 158 cm³/mol. The Labute approximate surface area is 249 Å². The summed E-state index contributed by atoms with van der Waals surface area (Å²) in [6.45, 7) is 0.114. The van der Waals surface area contributed by atoms with Crippen LogP contribution in [0.2, 0.25) is 0 Å². The molecule has 2 bridgehead atoms. The molecule has 1 aromatic rings. The first-order valence-electron chi connectivity index (χ1n) is 13.8. The molecule has 0 aromatic heterocycles. The Morgan fingerprint density at radius 3 is 2.55 bits per heavy atom. The Morgan fingerprint density at radius 2 is 1.88 bits per heavy atom. The van der Waals surface area contributed by atoms with E-state index in [2.05, 4.69) is 14.4 Å². The average Bonchev–Trinajstić information content (AvgIpc) is 3.38. The van der Waals surface area contributed by atoms with E-state index < -0.39 is 31.9 Å². The van der Waals surface area contributed by atoms with E-state index in [1.54, 1.807) is 31.3 Å². The number of benzene rings is 1. The van der Waals surface area contributed by atoms with Crippen molar-refractivity contribution in [1.29, 1.82) is 0 Å². The van der Waals surface area contributed by atoms with Gasteiger partial charge < -0.3 is 24.8 Å². The molecule has 3 aliphatic heterocycles. The standard InChI is InChI=1S/C27H34N4O8S3/c1-38-18-9-8-16(19(10-18)39-2)12-31-22-15-6-4-14(5-7-15)20(22)23(32)21(27(31)33)25-29-26-24(42(36,37)30-25)17(13-40-26)11-28-41(3,34)35/h8-10,14-15,17,20,22,28,32H,4-7,11-13H2,1-3H3,(H,29,30). The molecule has 3 unspecified atom stereocenters. The fourth-order valence-corrected chi connectivity index (χ4v) is 10.7. The van der Waals surface area contributed by atoms with Gasteiger partial charge >= 0.3 is 0 Å². The Bertz CT molecular complexity index is 1630. The van der Waals surface area contributed by atoms with Gasteiger partial charge in [-0.1, -0.05) is 0 Å². The van der Waals surface area contributed by atoms with Crippen LogP contribution in [0.1, 0.15) is 31.2 Å². The Balaban J connectivity index is 1.38. The van der Waals surface area contributed by atoms with Gasteiger partial charge in [0.25, 0.3) is 15.9 Å². The van der Waals surface area contributed by atoms with Crippen LogP contribution < -0.4 is 19.5 Å². The van der Waals surface area contributed by atoms with Crippen LogP contribution in [0.3, 0.4) is 0 Å². The summed E-state index contributed by atoms with van der Waals surface area (Å²) in [5, 5.41) is 15.0. The van der Waals surface area contributed by atoms with Crippen LogP contribution >= 0.6 is 11.8 Å². The van der Waals surface area contributed by atoms with Gasteiger partial charge in [-0.15, -0.1) is 16.2 Å². The second kappa shape index (κ2) is 10.8. The quantitative estimate of drug-likeness (QED) is 0.384. The van der Waals surface area contributed by atoms with Gasteiger partial charge in [0.15, 0.2) is 5.84 Å². The highest BCUT2D eigenvalue weighted by Gasteiger charge is 2.55. The summed E-state index contributed by atoms with van der Waals surface area (Å²) in [5.41, 5.74) is 0.626. The number of thioether (sulfide) groups is 1. The molecule has 3 fully saturated rings. The molecule has 3 aliphatic carbocycles. The van der Waals surface area contributed by atoms with Crippen LogP contribution in [-0.4, -0.2) is 77.4 Å². The van der Waals surface area contributed by atoms with Gasteiger partial charge in [0.1, 0.15) is 27.7 Å². The van der Waals surface area contributed by atoms with Gasteiger partial charge in [-0.05, 0) is 49.7 Å². The number of aliphatic hydroxyl groups excluding tert-OH is 1. The molecule has 228 valence electrons. The predicted octanol–water partition coefficient (Wildman–Crippen LogP) is 2.08. The van der Waals surface area contributed by atoms with Crippen molar-refractivity contribution in [3.63, 3.8) is 0 Å². The van der Waals surface area contributed by atoms with Crippen LogP contribution in [0.4, 0.5) is 0 Å². The summed E-state index contributed by atoms with van der Waals surface area (Å²) in [5.74, 6) is 0.0971. The third-order valence-corrected chi connectivity index (χ3v) is 12.5. The lowest BCUT2D eigenvalue weighted by Crippen LogP contribution is -2.60. The topological polar surface area (TPSA) is 164 Å². The Morgan fingerprint density at radius 1 is 1.17 bits per heavy atom. The molecule has 12 nitrogen and oxygen atoms in total. The van der Waals surface area contributed by atoms with Gasteiger partial charge in [0.2, 0.25) is 10.0 Å². The lowest BCUT2D eigenvalue weighted by atomic mass is 9.59. The first-order chi connectivity index (χ1) is 19.9. The highest BCUT2D eigenvalue weighted by Crippen LogP contribution is 2.53.